The lowest BCUT2D eigenvalue weighted by Crippen LogP contribution is -2.55. The lowest BCUT2D eigenvalue weighted by atomic mass is 9.73. The molecule has 0 heterocycles. The minimum absolute atomic E-state index is 0.0937. The Labute approximate surface area is 127 Å². The third-order valence-corrected chi connectivity index (χ3v) is 4.73. The maximum atomic E-state index is 6.37. The van der Waals surface area contributed by atoms with E-state index in [0.29, 0.717) is 6.04 Å². The van der Waals surface area contributed by atoms with Crippen molar-refractivity contribution in [3.05, 3.63) is 0 Å². The summed E-state index contributed by atoms with van der Waals surface area (Å²) in [5.74, 6) is 1.58. The summed E-state index contributed by atoms with van der Waals surface area (Å²) in [6, 6.07) is 0.535. The van der Waals surface area contributed by atoms with Crippen LogP contribution >= 0.6 is 0 Å². The van der Waals surface area contributed by atoms with Gasteiger partial charge in [0.2, 0.25) is 0 Å². The van der Waals surface area contributed by atoms with Crippen molar-refractivity contribution in [1.29, 1.82) is 0 Å². The first-order chi connectivity index (χ1) is 9.54. The van der Waals surface area contributed by atoms with E-state index in [9.17, 15) is 0 Å². The second-order valence-electron chi connectivity index (χ2n) is 7.18. The molecule has 3 atom stereocenters. The fourth-order valence-corrected chi connectivity index (χ4v) is 3.75. The molecule has 1 N–H and O–H groups in total. The van der Waals surface area contributed by atoms with Crippen LogP contribution in [0.5, 0.6) is 0 Å². The third-order valence-electron chi connectivity index (χ3n) is 4.73. The average molecular weight is 284 g/mol. The second kappa shape index (κ2) is 9.04. The summed E-state index contributed by atoms with van der Waals surface area (Å²) in [5, 5.41) is 3.82. The fourth-order valence-electron chi connectivity index (χ4n) is 3.75. The minimum atomic E-state index is 0.0937. The highest BCUT2D eigenvalue weighted by Gasteiger charge is 2.42. The minimum Gasteiger partial charge on any atom is -0.374 e. The summed E-state index contributed by atoms with van der Waals surface area (Å²) in [5.41, 5.74) is 0.0937. The molecule has 0 saturated heterocycles. The van der Waals surface area contributed by atoms with E-state index in [1.165, 1.54) is 44.9 Å². The van der Waals surface area contributed by atoms with Gasteiger partial charge in [-0.2, -0.15) is 0 Å². The molecule has 0 radical (unpaired) electrons. The van der Waals surface area contributed by atoms with Gasteiger partial charge in [-0.05, 0) is 57.4 Å². The highest BCUT2D eigenvalue weighted by atomic mass is 16.5. The predicted octanol–water partition coefficient (Wildman–Crippen LogP) is 4.78. The molecule has 0 spiro atoms. The van der Waals surface area contributed by atoms with Crippen molar-refractivity contribution >= 4 is 0 Å². The molecule has 120 valence electrons. The lowest BCUT2D eigenvalue weighted by molar-refractivity contribution is -0.102. The maximum absolute atomic E-state index is 6.37. The molecule has 1 aliphatic rings. The summed E-state index contributed by atoms with van der Waals surface area (Å²) in [6.45, 7) is 13.4. The monoisotopic (exact) mass is 283 g/mol. The van der Waals surface area contributed by atoms with Gasteiger partial charge in [0, 0.05) is 12.6 Å². The van der Waals surface area contributed by atoms with Crippen molar-refractivity contribution in [2.75, 3.05) is 13.2 Å². The molecule has 0 aliphatic heterocycles. The second-order valence-corrected chi connectivity index (χ2v) is 7.18. The van der Waals surface area contributed by atoms with Crippen LogP contribution in [-0.4, -0.2) is 24.8 Å². The van der Waals surface area contributed by atoms with E-state index in [2.05, 4.69) is 39.9 Å². The molecule has 1 fully saturated rings. The summed E-state index contributed by atoms with van der Waals surface area (Å²) in [4.78, 5) is 0. The zero-order valence-corrected chi connectivity index (χ0v) is 14.5. The van der Waals surface area contributed by atoms with E-state index in [1.807, 2.05) is 0 Å². The van der Waals surface area contributed by atoms with E-state index >= 15 is 0 Å². The van der Waals surface area contributed by atoms with Gasteiger partial charge < -0.3 is 10.1 Å². The van der Waals surface area contributed by atoms with Crippen molar-refractivity contribution in [2.45, 2.75) is 91.2 Å². The van der Waals surface area contributed by atoms with Gasteiger partial charge >= 0.3 is 0 Å². The van der Waals surface area contributed by atoms with E-state index in [-0.39, 0.29) is 5.60 Å². The number of nitrogens with one attached hydrogen (secondary N) is 1. The average Bonchev–Trinajstić information content (AvgIpc) is 2.38. The van der Waals surface area contributed by atoms with Crippen molar-refractivity contribution in [1.82, 2.24) is 5.32 Å². The van der Waals surface area contributed by atoms with Crippen LogP contribution in [0.3, 0.4) is 0 Å². The first kappa shape index (κ1) is 18.0. The van der Waals surface area contributed by atoms with Gasteiger partial charge in [-0.15, -0.1) is 0 Å². The molecular weight excluding hydrogens is 246 g/mol. The molecule has 20 heavy (non-hydrogen) atoms. The first-order valence-electron chi connectivity index (χ1n) is 8.91. The van der Waals surface area contributed by atoms with Crippen LogP contribution in [0.25, 0.3) is 0 Å². The highest BCUT2D eigenvalue weighted by molar-refractivity contribution is 4.97. The Morgan fingerprint density at radius 3 is 2.55 bits per heavy atom. The SMILES string of the molecule is CCCNC(CCC(C)C)C1(OCC)CCCC(C)C1. The van der Waals surface area contributed by atoms with Crippen LogP contribution in [-0.2, 0) is 4.74 Å². The molecule has 3 unspecified atom stereocenters. The van der Waals surface area contributed by atoms with Crippen molar-refractivity contribution < 1.29 is 4.74 Å². The topological polar surface area (TPSA) is 21.3 Å². The molecular formula is C18H37NO. The van der Waals surface area contributed by atoms with E-state index in [4.69, 9.17) is 4.74 Å². The lowest BCUT2D eigenvalue weighted by Gasteiger charge is -2.46. The molecule has 0 amide bonds. The highest BCUT2D eigenvalue weighted by Crippen LogP contribution is 2.39. The number of rotatable bonds is 9. The Morgan fingerprint density at radius 1 is 1.25 bits per heavy atom. The maximum Gasteiger partial charge on any atom is 0.0837 e. The fraction of sp³-hybridized carbons (Fsp3) is 1.00. The quantitative estimate of drug-likeness (QED) is 0.658. The Morgan fingerprint density at radius 2 is 2.00 bits per heavy atom. The summed E-state index contributed by atoms with van der Waals surface area (Å²) in [7, 11) is 0. The van der Waals surface area contributed by atoms with Gasteiger partial charge in [-0.25, -0.2) is 0 Å². The molecule has 2 heteroatoms. The van der Waals surface area contributed by atoms with Crippen molar-refractivity contribution in [2.24, 2.45) is 11.8 Å². The molecule has 0 bridgehead atoms. The standard InChI is InChI=1S/C18H37NO/c1-6-13-19-17(11-10-15(3)4)18(20-7-2)12-8-9-16(5)14-18/h15-17,19H,6-14H2,1-5H3. The molecule has 1 saturated carbocycles. The van der Waals surface area contributed by atoms with Crippen LogP contribution in [0.4, 0.5) is 0 Å². The zero-order chi connectivity index (χ0) is 15.0. The van der Waals surface area contributed by atoms with Gasteiger partial charge in [0.25, 0.3) is 0 Å². The number of hydrogen-bond donors (Lipinski definition) is 1. The number of hydrogen-bond acceptors (Lipinski definition) is 2. The molecule has 1 aliphatic carbocycles. The van der Waals surface area contributed by atoms with Gasteiger partial charge in [0.1, 0.15) is 0 Å². The van der Waals surface area contributed by atoms with Crippen LogP contribution in [0, 0.1) is 11.8 Å². The van der Waals surface area contributed by atoms with Crippen molar-refractivity contribution in [3.8, 4) is 0 Å². The Hall–Kier alpha value is -0.0800. The van der Waals surface area contributed by atoms with Gasteiger partial charge in [-0.1, -0.05) is 40.5 Å². The van der Waals surface area contributed by atoms with Crippen molar-refractivity contribution in [3.63, 3.8) is 0 Å². The molecule has 0 aromatic heterocycles. The molecule has 0 aromatic rings. The Kier molecular flexibility index (Phi) is 8.13. The molecule has 1 rings (SSSR count). The van der Waals surface area contributed by atoms with E-state index in [0.717, 1.165) is 25.0 Å². The number of ether oxygens (including phenoxy) is 1. The van der Waals surface area contributed by atoms with Gasteiger partial charge in [0.05, 0.1) is 5.60 Å². The summed E-state index contributed by atoms with van der Waals surface area (Å²) >= 11 is 0. The Balaban J connectivity index is 2.78. The summed E-state index contributed by atoms with van der Waals surface area (Å²) in [6.07, 6.45) is 8.93. The van der Waals surface area contributed by atoms with Crippen LogP contribution < -0.4 is 5.32 Å². The molecule has 0 aromatic carbocycles. The van der Waals surface area contributed by atoms with Crippen LogP contribution in [0.15, 0.2) is 0 Å². The normalized spacial score (nSPS) is 28.8. The third kappa shape index (κ3) is 5.37. The van der Waals surface area contributed by atoms with Gasteiger partial charge in [0.15, 0.2) is 0 Å². The van der Waals surface area contributed by atoms with E-state index < -0.39 is 0 Å². The largest absolute Gasteiger partial charge is 0.374 e. The summed E-state index contributed by atoms with van der Waals surface area (Å²) < 4.78 is 6.37. The van der Waals surface area contributed by atoms with E-state index in [1.54, 1.807) is 0 Å². The van der Waals surface area contributed by atoms with Crippen LogP contribution in [0.2, 0.25) is 0 Å². The van der Waals surface area contributed by atoms with Crippen LogP contribution in [0.1, 0.15) is 79.6 Å². The molecule has 2 nitrogen and oxygen atoms in total. The Bertz CT molecular complexity index is 250. The van der Waals surface area contributed by atoms with Gasteiger partial charge in [-0.3, -0.25) is 0 Å². The first-order valence-corrected chi connectivity index (χ1v) is 8.91. The zero-order valence-electron chi connectivity index (χ0n) is 14.5. The predicted molar refractivity (Wildman–Crippen MR) is 88.1 cm³/mol. The smallest absolute Gasteiger partial charge is 0.0837 e.